The first-order valence-electron chi connectivity index (χ1n) is 12.3. The van der Waals surface area contributed by atoms with E-state index in [4.69, 9.17) is 14.2 Å². The highest BCUT2D eigenvalue weighted by molar-refractivity contribution is 7.07. The zero-order valence-electron chi connectivity index (χ0n) is 22.3. The molecule has 3 aromatic carbocycles. The summed E-state index contributed by atoms with van der Waals surface area (Å²) in [7, 11) is 4.44. The maximum absolute atomic E-state index is 13.9. The highest BCUT2D eigenvalue weighted by Gasteiger charge is 2.32. The van der Waals surface area contributed by atoms with Crippen molar-refractivity contribution in [3.8, 4) is 23.0 Å². The van der Waals surface area contributed by atoms with Crippen molar-refractivity contribution in [1.82, 2.24) is 4.57 Å². The molecule has 9 nitrogen and oxygen atoms in total. The highest BCUT2D eigenvalue weighted by atomic mass is 32.1. The number of methoxy groups -OCH3 is 3. The fourth-order valence-corrected chi connectivity index (χ4v) is 5.65. The number of nitrogens with zero attached hydrogens (tertiary/aromatic N) is 2. The minimum atomic E-state index is -0.749. The molecular weight excluding hydrogens is 530 g/mol. The Morgan fingerprint density at radius 3 is 2.35 bits per heavy atom. The molecule has 0 radical (unpaired) electrons. The van der Waals surface area contributed by atoms with E-state index in [-0.39, 0.29) is 28.7 Å². The number of para-hydroxylation sites is 1. The molecule has 0 saturated carbocycles. The minimum absolute atomic E-state index is 0.133. The van der Waals surface area contributed by atoms with E-state index < -0.39 is 6.04 Å². The number of carbonyl (C=O) groups excluding carboxylic acids is 1. The number of ether oxygens (including phenoxy) is 3. The molecule has 1 aliphatic heterocycles. The van der Waals surface area contributed by atoms with Crippen LogP contribution in [0.25, 0.3) is 6.08 Å². The maximum atomic E-state index is 13.9. The van der Waals surface area contributed by atoms with Crippen molar-refractivity contribution in [2.45, 2.75) is 13.0 Å². The van der Waals surface area contributed by atoms with Crippen LogP contribution in [-0.2, 0) is 4.79 Å². The molecule has 1 atom stereocenters. The molecular formula is C30H27N3O6S. The average Bonchev–Trinajstić information content (AvgIpc) is 3.27. The minimum Gasteiger partial charge on any atom is -0.502 e. The van der Waals surface area contributed by atoms with Gasteiger partial charge < -0.3 is 24.6 Å². The predicted molar refractivity (Wildman–Crippen MR) is 153 cm³/mol. The molecule has 40 heavy (non-hydrogen) atoms. The van der Waals surface area contributed by atoms with Crippen LogP contribution < -0.4 is 34.4 Å². The van der Waals surface area contributed by atoms with Crippen molar-refractivity contribution in [2.24, 2.45) is 4.99 Å². The summed E-state index contributed by atoms with van der Waals surface area (Å²) in [4.78, 5) is 32.8. The van der Waals surface area contributed by atoms with E-state index in [2.05, 4.69) is 10.3 Å². The number of carbonyl (C=O) groups is 1. The molecule has 2 heterocycles. The van der Waals surface area contributed by atoms with Crippen LogP contribution in [0.5, 0.6) is 23.0 Å². The molecule has 10 heteroatoms. The number of fused-ring (bicyclic) bond motifs is 1. The van der Waals surface area contributed by atoms with Gasteiger partial charge in [0, 0.05) is 5.69 Å². The lowest BCUT2D eigenvalue weighted by Crippen LogP contribution is -2.40. The van der Waals surface area contributed by atoms with Crippen molar-refractivity contribution >= 4 is 29.0 Å². The van der Waals surface area contributed by atoms with Crippen molar-refractivity contribution in [3.05, 3.63) is 109 Å². The second kappa shape index (κ2) is 11.1. The molecule has 0 saturated heterocycles. The Morgan fingerprint density at radius 1 is 1.00 bits per heavy atom. The lowest BCUT2D eigenvalue weighted by molar-refractivity contribution is -0.113. The number of hydrogen-bond acceptors (Lipinski definition) is 8. The number of thiazole rings is 1. The summed E-state index contributed by atoms with van der Waals surface area (Å²) in [6, 6.07) is 18.9. The Labute approximate surface area is 233 Å². The first-order chi connectivity index (χ1) is 19.3. The number of aromatic nitrogens is 1. The summed E-state index contributed by atoms with van der Waals surface area (Å²) in [5.41, 5.74) is 2.45. The lowest BCUT2D eigenvalue weighted by atomic mass is 9.95. The zero-order valence-corrected chi connectivity index (χ0v) is 23.1. The molecule has 0 bridgehead atoms. The molecule has 0 spiro atoms. The number of amides is 1. The standard InChI is InChI=1S/C30H27N3O6S/c1-17-25(28(35)32-20-10-6-5-7-11-20)26(19-9-8-12-21(16-19)37-2)33-29(36)24(40-30(33)31-17)15-18-13-22(38-3)27(34)23(14-18)39-4/h5-16,26,34H,1-4H3,(H,32,35)/b24-15+/t26-/m0/s1. The number of phenolic OH excluding ortho intramolecular Hbond substituents is 1. The molecule has 0 aliphatic carbocycles. The number of hydrogen-bond donors (Lipinski definition) is 2. The van der Waals surface area contributed by atoms with E-state index in [0.717, 1.165) is 0 Å². The zero-order chi connectivity index (χ0) is 28.4. The van der Waals surface area contributed by atoms with Gasteiger partial charge in [0.1, 0.15) is 5.75 Å². The van der Waals surface area contributed by atoms with E-state index in [1.54, 1.807) is 50.4 Å². The quantitative estimate of drug-likeness (QED) is 0.359. The van der Waals surface area contributed by atoms with E-state index in [0.29, 0.717) is 43.2 Å². The summed E-state index contributed by atoms with van der Waals surface area (Å²) >= 11 is 1.20. The van der Waals surface area contributed by atoms with Gasteiger partial charge in [0.05, 0.1) is 43.2 Å². The van der Waals surface area contributed by atoms with Gasteiger partial charge in [-0.3, -0.25) is 14.2 Å². The lowest BCUT2D eigenvalue weighted by Gasteiger charge is -2.25. The number of rotatable bonds is 7. The first kappa shape index (κ1) is 26.8. The molecule has 1 aromatic heterocycles. The number of allylic oxidation sites excluding steroid dienone is 1. The smallest absolute Gasteiger partial charge is 0.271 e. The van der Waals surface area contributed by atoms with Crippen LogP contribution >= 0.6 is 11.3 Å². The Kier molecular flexibility index (Phi) is 7.43. The second-order valence-electron chi connectivity index (χ2n) is 8.95. The number of anilines is 1. The van der Waals surface area contributed by atoms with Gasteiger partial charge in [-0.05, 0) is 60.5 Å². The van der Waals surface area contributed by atoms with Gasteiger partial charge in [-0.1, -0.05) is 41.7 Å². The van der Waals surface area contributed by atoms with Crippen LogP contribution in [0.2, 0.25) is 0 Å². The summed E-state index contributed by atoms with van der Waals surface area (Å²) in [5.74, 6) is 0.529. The third-order valence-corrected chi connectivity index (χ3v) is 7.49. The monoisotopic (exact) mass is 557 g/mol. The fourth-order valence-electron chi connectivity index (χ4n) is 4.61. The summed E-state index contributed by atoms with van der Waals surface area (Å²) in [5, 5.41) is 13.2. The van der Waals surface area contributed by atoms with Gasteiger partial charge in [0.15, 0.2) is 16.3 Å². The number of benzene rings is 3. The van der Waals surface area contributed by atoms with Crippen molar-refractivity contribution in [3.63, 3.8) is 0 Å². The third-order valence-electron chi connectivity index (χ3n) is 6.51. The Hall–Kier alpha value is -4.83. The first-order valence-corrected chi connectivity index (χ1v) is 13.1. The summed E-state index contributed by atoms with van der Waals surface area (Å²) in [6.45, 7) is 1.76. The van der Waals surface area contributed by atoms with Crippen LogP contribution in [0.3, 0.4) is 0 Å². The molecule has 1 amide bonds. The van der Waals surface area contributed by atoms with Gasteiger partial charge >= 0.3 is 0 Å². The molecule has 2 N–H and O–H groups in total. The maximum Gasteiger partial charge on any atom is 0.271 e. The molecule has 5 rings (SSSR count). The normalized spacial score (nSPS) is 14.8. The van der Waals surface area contributed by atoms with Crippen LogP contribution in [-0.4, -0.2) is 36.9 Å². The molecule has 0 unspecified atom stereocenters. The van der Waals surface area contributed by atoms with E-state index >= 15 is 0 Å². The van der Waals surface area contributed by atoms with Crippen LogP contribution in [0.4, 0.5) is 5.69 Å². The molecule has 1 aliphatic rings. The Morgan fingerprint density at radius 2 is 1.70 bits per heavy atom. The largest absolute Gasteiger partial charge is 0.502 e. The van der Waals surface area contributed by atoms with Crippen LogP contribution in [0, 0.1) is 0 Å². The van der Waals surface area contributed by atoms with Gasteiger partial charge in [0.2, 0.25) is 5.75 Å². The van der Waals surface area contributed by atoms with E-state index in [1.807, 2.05) is 36.4 Å². The molecule has 0 fully saturated rings. The van der Waals surface area contributed by atoms with Crippen molar-refractivity contribution < 1.29 is 24.1 Å². The number of phenols is 1. The van der Waals surface area contributed by atoms with Gasteiger partial charge in [0.25, 0.3) is 11.5 Å². The fraction of sp³-hybridized carbons (Fsp3) is 0.167. The van der Waals surface area contributed by atoms with Crippen molar-refractivity contribution in [2.75, 3.05) is 26.6 Å². The van der Waals surface area contributed by atoms with E-state index in [9.17, 15) is 14.7 Å². The van der Waals surface area contributed by atoms with Gasteiger partial charge in [-0.15, -0.1) is 0 Å². The molecule has 4 aromatic rings. The summed E-state index contributed by atoms with van der Waals surface area (Å²) < 4.78 is 17.9. The van der Waals surface area contributed by atoms with Gasteiger partial charge in [-0.2, -0.15) is 0 Å². The SMILES string of the molecule is COc1cccc([C@H]2C(C(=O)Nc3ccccc3)=C(C)N=c3s/c(=C/c4cc(OC)c(O)c(OC)c4)c(=O)n32)c1. The van der Waals surface area contributed by atoms with Crippen molar-refractivity contribution in [1.29, 1.82) is 0 Å². The highest BCUT2D eigenvalue weighted by Crippen LogP contribution is 2.37. The Balaban J connectivity index is 1.69. The average molecular weight is 558 g/mol. The van der Waals surface area contributed by atoms with Crippen LogP contribution in [0.1, 0.15) is 24.1 Å². The number of aromatic hydroxyl groups is 1. The van der Waals surface area contributed by atoms with E-state index in [1.165, 1.54) is 30.1 Å². The third kappa shape index (κ3) is 4.96. The summed E-state index contributed by atoms with van der Waals surface area (Å²) in [6.07, 6.45) is 1.68. The second-order valence-corrected chi connectivity index (χ2v) is 9.96. The molecule has 204 valence electrons. The van der Waals surface area contributed by atoms with Gasteiger partial charge in [-0.25, -0.2) is 4.99 Å². The van der Waals surface area contributed by atoms with Crippen LogP contribution in [0.15, 0.2) is 87.8 Å². The topological polar surface area (TPSA) is 111 Å². The number of nitrogens with one attached hydrogen (secondary N) is 1. The predicted octanol–water partition coefficient (Wildman–Crippen LogP) is 3.61. The Bertz CT molecular complexity index is 1780.